The third kappa shape index (κ3) is 15.7. The van der Waals surface area contributed by atoms with Crippen LogP contribution in [0.15, 0.2) is 77.8 Å². The van der Waals surface area contributed by atoms with Crippen LogP contribution in [0, 0.1) is 0 Å². The lowest BCUT2D eigenvalue weighted by Gasteiger charge is -2.22. The number of alkyl carbamates (subject to hydrolysis) is 2. The van der Waals surface area contributed by atoms with Gasteiger partial charge in [-0.2, -0.15) is 9.59 Å². The van der Waals surface area contributed by atoms with Gasteiger partial charge in [0.25, 0.3) is 0 Å². The van der Waals surface area contributed by atoms with Gasteiger partial charge in [0, 0.05) is 5.02 Å². The van der Waals surface area contributed by atoms with Crippen molar-refractivity contribution < 1.29 is 38.2 Å². The summed E-state index contributed by atoms with van der Waals surface area (Å²) in [6, 6.07) is 21.7. The molecule has 0 aliphatic rings. The van der Waals surface area contributed by atoms with Crippen molar-refractivity contribution in [2.45, 2.75) is 78.4 Å². The Morgan fingerprint density at radius 1 is 0.766 bits per heavy atom. The van der Waals surface area contributed by atoms with E-state index < -0.39 is 29.4 Å². The van der Waals surface area contributed by atoms with Crippen molar-refractivity contribution >= 4 is 47.6 Å². The molecule has 0 saturated carbocycles. The Bertz CT molecular complexity index is 1520. The maximum atomic E-state index is 12.8. The topological polar surface area (TPSA) is 149 Å². The normalized spacial score (nSPS) is 10.7. The van der Waals surface area contributed by atoms with Crippen molar-refractivity contribution in [1.82, 2.24) is 10.6 Å². The number of aliphatic imine (C=N–C) groups is 1. The minimum absolute atomic E-state index is 0.210. The summed E-state index contributed by atoms with van der Waals surface area (Å²) in [6.07, 6.45) is 2.50. The zero-order valence-electron chi connectivity index (χ0n) is 27.3. The molecule has 3 aromatic carbocycles. The van der Waals surface area contributed by atoms with Gasteiger partial charge in [-0.3, -0.25) is 10.6 Å². The van der Waals surface area contributed by atoms with Crippen LogP contribution in [0.2, 0.25) is 5.02 Å². The Morgan fingerprint density at radius 2 is 1.30 bits per heavy atom. The number of esters is 1. The van der Waals surface area contributed by atoms with E-state index >= 15 is 0 Å². The smallest absolute Gasteiger partial charge is 0.414 e. The Labute approximate surface area is 279 Å². The van der Waals surface area contributed by atoms with Crippen LogP contribution in [0.1, 0.15) is 75.9 Å². The first-order valence-corrected chi connectivity index (χ1v) is 15.2. The summed E-state index contributed by atoms with van der Waals surface area (Å²) in [5.41, 5.74) is 1.38. The third-order valence-corrected chi connectivity index (χ3v) is 6.17. The first kappa shape index (κ1) is 38.2. The first-order valence-electron chi connectivity index (χ1n) is 14.8. The van der Waals surface area contributed by atoms with E-state index in [0.717, 1.165) is 31.2 Å². The van der Waals surface area contributed by atoms with Crippen molar-refractivity contribution in [1.29, 1.82) is 0 Å². The molecule has 2 amide bonds. The van der Waals surface area contributed by atoms with Crippen molar-refractivity contribution in [2.24, 2.45) is 4.99 Å². The SMILES string of the molecule is CC(C)(C)OC(=O)NC(=Nc1ccc(C(=O)Oc2ccc(CCCCc3ccccc3)c(Cl)c2)cc1)NC(=O)OC(C)(C)C.O=C=O. The number of unbranched alkanes of at least 4 members (excludes halogenated alkanes) is 1. The maximum absolute atomic E-state index is 12.8. The van der Waals surface area contributed by atoms with Gasteiger partial charge in [0.2, 0.25) is 5.96 Å². The second-order valence-corrected chi connectivity index (χ2v) is 12.6. The van der Waals surface area contributed by atoms with E-state index in [2.05, 4.69) is 27.8 Å². The summed E-state index contributed by atoms with van der Waals surface area (Å²) in [7, 11) is 0. The molecule has 12 heteroatoms. The lowest BCUT2D eigenvalue weighted by atomic mass is 10.0. The minimum atomic E-state index is -0.815. The lowest BCUT2D eigenvalue weighted by molar-refractivity contribution is -0.191. The molecule has 2 N–H and O–H groups in total. The highest BCUT2D eigenvalue weighted by Crippen LogP contribution is 2.25. The molecule has 0 heterocycles. The fourth-order valence-electron chi connectivity index (χ4n) is 3.94. The Morgan fingerprint density at radius 3 is 1.81 bits per heavy atom. The van der Waals surface area contributed by atoms with Gasteiger partial charge in [-0.15, -0.1) is 0 Å². The number of carbonyl (C=O) groups excluding carboxylic acids is 5. The van der Waals surface area contributed by atoms with Crippen molar-refractivity contribution in [3.8, 4) is 5.75 Å². The predicted octanol–water partition coefficient (Wildman–Crippen LogP) is 7.58. The Kier molecular flexibility index (Phi) is 14.8. The summed E-state index contributed by atoms with van der Waals surface area (Å²) in [6.45, 7) is 10.2. The molecule has 0 spiro atoms. The van der Waals surface area contributed by atoms with E-state index in [0.29, 0.717) is 16.5 Å². The van der Waals surface area contributed by atoms with E-state index in [1.807, 2.05) is 24.3 Å². The number of aryl methyl sites for hydroxylation is 2. The maximum Gasteiger partial charge on any atom is 0.414 e. The average Bonchev–Trinajstić information content (AvgIpc) is 2.95. The molecule has 0 bridgehead atoms. The van der Waals surface area contributed by atoms with Crippen LogP contribution in [-0.4, -0.2) is 41.5 Å². The van der Waals surface area contributed by atoms with Gasteiger partial charge in [-0.1, -0.05) is 48.0 Å². The highest BCUT2D eigenvalue weighted by Gasteiger charge is 2.21. The average molecular weight is 666 g/mol. The number of nitrogens with one attached hydrogen (secondary N) is 2. The number of rotatable bonds is 8. The molecule has 0 atom stereocenters. The third-order valence-electron chi connectivity index (χ3n) is 5.82. The van der Waals surface area contributed by atoms with Gasteiger partial charge >= 0.3 is 24.3 Å². The van der Waals surface area contributed by atoms with Crippen LogP contribution < -0.4 is 15.4 Å². The zero-order valence-corrected chi connectivity index (χ0v) is 28.1. The zero-order chi connectivity index (χ0) is 35.0. The van der Waals surface area contributed by atoms with Crippen molar-refractivity contribution in [3.63, 3.8) is 0 Å². The number of halogens is 1. The predicted molar refractivity (Wildman–Crippen MR) is 177 cm³/mol. The van der Waals surface area contributed by atoms with Crippen LogP contribution in [0.3, 0.4) is 0 Å². The van der Waals surface area contributed by atoms with Crippen molar-refractivity contribution in [3.05, 3.63) is 94.5 Å². The molecule has 250 valence electrons. The van der Waals surface area contributed by atoms with Crippen LogP contribution in [-0.2, 0) is 31.9 Å². The number of ether oxygens (including phenoxy) is 3. The fourth-order valence-corrected chi connectivity index (χ4v) is 4.20. The second kappa shape index (κ2) is 18.2. The number of hydrogen-bond acceptors (Lipinski definition) is 9. The number of hydrogen-bond donors (Lipinski definition) is 2. The molecule has 11 nitrogen and oxygen atoms in total. The summed E-state index contributed by atoms with van der Waals surface area (Å²) < 4.78 is 16.0. The monoisotopic (exact) mass is 665 g/mol. The molecule has 0 aliphatic carbocycles. The van der Waals surface area contributed by atoms with E-state index in [9.17, 15) is 14.4 Å². The summed E-state index contributed by atoms with van der Waals surface area (Å²) in [5.74, 6) is -0.453. The van der Waals surface area contributed by atoms with Gasteiger partial charge < -0.3 is 14.2 Å². The summed E-state index contributed by atoms with van der Waals surface area (Å²) in [4.78, 5) is 58.0. The number of nitrogens with zero attached hydrogens (tertiary/aromatic N) is 1. The van der Waals surface area contributed by atoms with Gasteiger partial charge in [0.15, 0.2) is 0 Å². The fraction of sp³-hybridized carbons (Fsp3) is 0.343. The minimum Gasteiger partial charge on any atom is -0.444 e. The van der Waals surface area contributed by atoms with Crippen molar-refractivity contribution in [2.75, 3.05) is 0 Å². The Hall–Kier alpha value is -4.99. The lowest BCUT2D eigenvalue weighted by Crippen LogP contribution is -2.47. The van der Waals surface area contributed by atoms with Gasteiger partial charge in [-0.05, 0) is 115 Å². The highest BCUT2D eigenvalue weighted by molar-refractivity contribution is 6.31. The van der Waals surface area contributed by atoms with E-state index in [1.54, 1.807) is 53.7 Å². The highest BCUT2D eigenvalue weighted by atomic mass is 35.5. The van der Waals surface area contributed by atoms with Gasteiger partial charge in [0.1, 0.15) is 17.0 Å². The number of guanidine groups is 1. The Balaban J connectivity index is 0.00000246. The van der Waals surface area contributed by atoms with Gasteiger partial charge in [-0.25, -0.2) is 19.4 Å². The summed E-state index contributed by atoms with van der Waals surface area (Å²) in [5, 5.41) is 5.37. The van der Waals surface area contributed by atoms with Crippen LogP contribution >= 0.6 is 11.6 Å². The molecular formula is C35H40ClN3O8. The molecule has 0 aliphatic heterocycles. The van der Waals surface area contributed by atoms with E-state index in [4.69, 9.17) is 35.4 Å². The van der Waals surface area contributed by atoms with E-state index in [-0.39, 0.29) is 17.7 Å². The molecule has 0 aromatic heterocycles. The first-order chi connectivity index (χ1) is 22.1. The van der Waals surface area contributed by atoms with Gasteiger partial charge in [0.05, 0.1) is 11.3 Å². The molecule has 47 heavy (non-hydrogen) atoms. The number of amides is 2. The second-order valence-electron chi connectivity index (χ2n) is 12.2. The van der Waals surface area contributed by atoms with Crippen LogP contribution in [0.4, 0.5) is 15.3 Å². The molecule has 0 unspecified atom stereocenters. The largest absolute Gasteiger partial charge is 0.444 e. The van der Waals surface area contributed by atoms with E-state index in [1.165, 1.54) is 29.8 Å². The molecule has 3 aromatic rings. The number of benzene rings is 3. The molecule has 0 radical (unpaired) electrons. The van der Waals surface area contributed by atoms with Crippen LogP contribution in [0.5, 0.6) is 5.75 Å². The van der Waals surface area contributed by atoms with Crippen LogP contribution in [0.25, 0.3) is 0 Å². The molecule has 3 rings (SSSR count). The summed E-state index contributed by atoms with van der Waals surface area (Å²) >= 11 is 6.48. The molecule has 0 fully saturated rings. The quantitative estimate of drug-likeness (QED) is 0.0822. The standard InChI is InChI=1S/C34H40ClN3O6.CO2/c1-33(2,3)43-31(40)37-30(38-32(41)44-34(4,5)6)36-26-19-16-25(17-20-26)29(39)42-27-21-18-24(28(35)22-27)15-11-10-14-23-12-8-7-9-13-23;2-1-3/h7-9,12-13,16-22H,10-11,14-15H2,1-6H3,(H2,36,37,38,40,41);. The molecule has 0 saturated heterocycles. The number of carbonyl (C=O) groups is 3. The molecular weight excluding hydrogens is 626 g/mol.